The van der Waals surface area contributed by atoms with Gasteiger partial charge < -0.3 is 19.5 Å². The van der Waals surface area contributed by atoms with E-state index in [1.54, 1.807) is 6.07 Å². The molecule has 8 nitrogen and oxygen atoms in total. The smallest absolute Gasteiger partial charge is 0.263 e. The molecule has 0 amide bonds. The van der Waals surface area contributed by atoms with Crippen molar-refractivity contribution in [3.05, 3.63) is 28.3 Å². The highest BCUT2D eigenvalue weighted by Crippen LogP contribution is 2.54. The van der Waals surface area contributed by atoms with E-state index in [-0.39, 0.29) is 10.8 Å². The number of H-pyrrole nitrogens is 1. The number of nitrogens with one attached hydrogen (secondary N) is 1. The number of benzene rings is 1. The molecule has 1 aromatic heterocycles. The van der Waals surface area contributed by atoms with Gasteiger partial charge in [-0.05, 0) is 38.0 Å². The van der Waals surface area contributed by atoms with Crippen LogP contribution in [0, 0.1) is 11.2 Å². The number of halogens is 1. The van der Waals surface area contributed by atoms with Crippen LogP contribution in [-0.2, 0) is 4.74 Å². The number of nitrogens with zero attached hydrogens (tertiary/aromatic N) is 3. The van der Waals surface area contributed by atoms with Gasteiger partial charge in [-0.15, -0.1) is 0 Å². The average Bonchev–Trinajstić information content (AvgIpc) is 2.73. The third-order valence-electron chi connectivity index (χ3n) is 7.14. The lowest BCUT2D eigenvalue weighted by molar-refractivity contribution is -0.124. The van der Waals surface area contributed by atoms with Crippen molar-refractivity contribution < 1.29 is 19.0 Å². The van der Waals surface area contributed by atoms with Crippen molar-refractivity contribution in [1.82, 2.24) is 14.9 Å². The van der Waals surface area contributed by atoms with E-state index < -0.39 is 17.0 Å². The molecular formula is C23H31FN4O4. The summed E-state index contributed by atoms with van der Waals surface area (Å²) in [6, 6.07) is 2.90. The molecule has 3 aliphatic rings. The van der Waals surface area contributed by atoms with Crippen LogP contribution in [0.2, 0.25) is 0 Å². The second kappa shape index (κ2) is 8.28. The van der Waals surface area contributed by atoms with Gasteiger partial charge in [0.05, 0.1) is 24.3 Å². The second-order valence-corrected chi connectivity index (χ2v) is 9.83. The van der Waals surface area contributed by atoms with Gasteiger partial charge in [0.1, 0.15) is 23.6 Å². The van der Waals surface area contributed by atoms with Crippen LogP contribution in [0.15, 0.2) is 16.9 Å². The molecule has 3 fully saturated rings. The minimum atomic E-state index is -0.626. The fourth-order valence-electron chi connectivity index (χ4n) is 5.65. The third-order valence-corrected chi connectivity index (χ3v) is 7.14. The van der Waals surface area contributed by atoms with Crippen molar-refractivity contribution in [2.75, 3.05) is 57.4 Å². The van der Waals surface area contributed by atoms with E-state index in [9.17, 15) is 14.3 Å². The molecule has 9 heteroatoms. The zero-order valence-electron chi connectivity index (χ0n) is 18.5. The van der Waals surface area contributed by atoms with Crippen molar-refractivity contribution in [1.29, 1.82) is 0 Å². The Labute approximate surface area is 186 Å². The number of aliphatic hydroxyl groups is 1. The number of rotatable bonds is 5. The Morgan fingerprint density at radius 2 is 1.94 bits per heavy atom. The number of hydrogen-bond donors (Lipinski definition) is 2. The minimum absolute atomic E-state index is 0.0437. The maximum Gasteiger partial charge on any atom is 0.263 e. The Morgan fingerprint density at radius 3 is 2.62 bits per heavy atom. The summed E-state index contributed by atoms with van der Waals surface area (Å²) in [4.78, 5) is 24.2. The molecule has 3 heterocycles. The molecule has 1 spiro atoms. The first-order valence-corrected chi connectivity index (χ1v) is 11.5. The second-order valence-electron chi connectivity index (χ2n) is 9.83. The monoisotopic (exact) mass is 446 g/mol. The standard InChI is InChI=1S/C23H31FN4O4/c1-22(30)14-23(15-22)2-4-28(5-3-23)21-25-18-13-16(12-17(24)19(18)20(29)26-21)32-11-8-27-6-9-31-10-7-27/h12-13,30H,2-11,14-15H2,1H3,(H,25,26,29). The number of hydrogen-bond acceptors (Lipinski definition) is 7. The lowest BCUT2D eigenvalue weighted by Gasteiger charge is -2.55. The third kappa shape index (κ3) is 4.33. The Morgan fingerprint density at radius 1 is 1.22 bits per heavy atom. The van der Waals surface area contributed by atoms with Gasteiger partial charge in [-0.3, -0.25) is 14.7 Å². The van der Waals surface area contributed by atoms with Gasteiger partial charge >= 0.3 is 0 Å². The van der Waals surface area contributed by atoms with E-state index in [2.05, 4.69) is 14.9 Å². The predicted molar refractivity (Wildman–Crippen MR) is 119 cm³/mol. The van der Waals surface area contributed by atoms with Gasteiger partial charge in [-0.1, -0.05) is 0 Å². The van der Waals surface area contributed by atoms with Gasteiger partial charge in [0, 0.05) is 44.9 Å². The molecule has 0 bridgehead atoms. The zero-order valence-corrected chi connectivity index (χ0v) is 18.5. The summed E-state index contributed by atoms with van der Waals surface area (Å²) in [7, 11) is 0. The lowest BCUT2D eigenvalue weighted by atomic mass is 9.56. The number of morpholine rings is 1. The van der Waals surface area contributed by atoms with Crippen LogP contribution in [0.4, 0.5) is 10.3 Å². The summed E-state index contributed by atoms with van der Waals surface area (Å²) in [6.45, 7) is 7.73. The molecule has 2 aromatic rings. The summed E-state index contributed by atoms with van der Waals surface area (Å²) >= 11 is 0. The number of fused-ring (bicyclic) bond motifs is 1. The van der Waals surface area contributed by atoms with Crippen molar-refractivity contribution in [3.8, 4) is 5.75 Å². The van der Waals surface area contributed by atoms with Crippen LogP contribution in [0.3, 0.4) is 0 Å². The number of aromatic amines is 1. The molecule has 1 saturated carbocycles. The first-order chi connectivity index (χ1) is 15.3. The maximum atomic E-state index is 14.7. The van der Waals surface area contributed by atoms with Gasteiger partial charge in [0.15, 0.2) is 0 Å². The van der Waals surface area contributed by atoms with Crippen LogP contribution in [-0.4, -0.2) is 78.1 Å². The molecule has 174 valence electrons. The van der Waals surface area contributed by atoms with Gasteiger partial charge in [0.2, 0.25) is 5.95 Å². The van der Waals surface area contributed by atoms with E-state index >= 15 is 0 Å². The van der Waals surface area contributed by atoms with E-state index in [0.29, 0.717) is 23.8 Å². The zero-order chi connectivity index (χ0) is 22.3. The molecule has 1 aliphatic carbocycles. The molecule has 2 N–H and O–H groups in total. The average molecular weight is 447 g/mol. The first kappa shape index (κ1) is 21.6. The number of anilines is 1. The fraction of sp³-hybridized carbons (Fsp3) is 0.652. The highest BCUT2D eigenvalue weighted by Gasteiger charge is 2.51. The molecule has 1 aromatic carbocycles. The van der Waals surface area contributed by atoms with Crippen molar-refractivity contribution in [3.63, 3.8) is 0 Å². The molecule has 32 heavy (non-hydrogen) atoms. The molecule has 0 atom stereocenters. The molecule has 0 unspecified atom stereocenters. The maximum absolute atomic E-state index is 14.7. The topological polar surface area (TPSA) is 90.9 Å². The first-order valence-electron chi connectivity index (χ1n) is 11.5. The Balaban J connectivity index is 1.29. The quantitative estimate of drug-likeness (QED) is 0.725. The van der Waals surface area contributed by atoms with E-state index in [1.165, 1.54) is 6.07 Å². The van der Waals surface area contributed by atoms with Gasteiger partial charge in [0.25, 0.3) is 5.56 Å². The highest BCUT2D eigenvalue weighted by molar-refractivity contribution is 5.81. The fourth-order valence-corrected chi connectivity index (χ4v) is 5.65. The van der Waals surface area contributed by atoms with E-state index in [4.69, 9.17) is 9.47 Å². The van der Waals surface area contributed by atoms with Crippen molar-refractivity contribution in [2.45, 2.75) is 38.2 Å². The molecule has 0 radical (unpaired) electrons. The van der Waals surface area contributed by atoms with Crippen molar-refractivity contribution >= 4 is 16.9 Å². The Bertz CT molecular complexity index is 1030. The van der Waals surface area contributed by atoms with Crippen LogP contribution in [0.25, 0.3) is 10.9 Å². The summed E-state index contributed by atoms with van der Waals surface area (Å²) < 4.78 is 25.8. The summed E-state index contributed by atoms with van der Waals surface area (Å²) in [6.07, 6.45) is 3.55. The molecule has 2 aliphatic heterocycles. The molecule has 2 saturated heterocycles. The van der Waals surface area contributed by atoms with Gasteiger partial charge in [-0.2, -0.15) is 0 Å². The van der Waals surface area contributed by atoms with Crippen LogP contribution in [0.5, 0.6) is 5.75 Å². The largest absolute Gasteiger partial charge is 0.492 e. The van der Waals surface area contributed by atoms with E-state index in [1.807, 2.05) is 11.8 Å². The van der Waals surface area contributed by atoms with E-state index in [0.717, 1.165) is 71.6 Å². The minimum Gasteiger partial charge on any atom is -0.492 e. The van der Waals surface area contributed by atoms with Crippen LogP contribution < -0.4 is 15.2 Å². The van der Waals surface area contributed by atoms with Crippen LogP contribution in [0.1, 0.15) is 32.6 Å². The van der Waals surface area contributed by atoms with Crippen LogP contribution >= 0.6 is 0 Å². The summed E-state index contributed by atoms with van der Waals surface area (Å²) in [5.74, 6) is 0.216. The Hall–Kier alpha value is -2.23. The SMILES string of the molecule is CC1(O)CC2(CCN(c3nc4cc(OCCN5CCOCC5)cc(F)c4c(=O)[nH]3)CC2)C1. The normalized spacial score (nSPS) is 22.8. The Kier molecular flexibility index (Phi) is 5.59. The highest BCUT2D eigenvalue weighted by atomic mass is 19.1. The molecule has 5 rings (SSSR count). The van der Waals surface area contributed by atoms with Crippen molar-refractivity contribution in [2.24, 2.45) is 5.41 Å². The van der Waals surface area contributed by atoms with Gasteiger partial charge in [-0.25, -0.2) is 9.37 Å². The number of piperidine rings is 1. The summed E-state index contributed by atoms with van der Waals surface area (Å²) in [5.41, 5.74) is -0.524. The summed E-state index contributed by atoms with van der Waals surface area (Å²) in [5, 5.41) is 10.1. The lowest BCUT2D eigenvalue weighted by Crippen LogP contribution is -2.55. The molecular weight excluding hydrogens is 415 g/mol. The number of aromatic nitrogens is 2. The predicted octanol–water partition coefficient (Wildman–Crippen LogP) is 1.90. The number of ether oxygens (including phenoxy) is 2.